The zero-order valence-corrected chi connectivity index (χ0v) is 16.4. The minimum absolute atomic E-state index is 0.153. The Morgan fingerprint density at radius 2 is 2.00 bits per heavy atom. The maximum atomic E-state index is 12.3. The minimum Gasteiger partial charge on any atom is -0.470 e. The molecule has 1 heterocycles. The monoisotopic (exact) mass is 433 g/mol. The van der Waals surface area contributed by atoms with Gasteiger partial charge in [0.25, 0.3) is 5.91 Å². The molecular weight excluding hydrogens is 418 g/mol. The van der Waals surface area contributed by atoms with E-state index in [0.717, 1.165) is 16.6 Å². The number of carbonyl (C=O) groups excluding carboxylic acids is 1. The third-order valence-corrected chi connectivity index (χ3v) is 4.53. The zero-order valence-electron chi connectivity index (χ0n) is 14.1. The second-order valence-electron chi connectivity index (χ2n) is 5.59. The third-order valence-electron chi connectivity index (χ3n) is 3.74. The molecule has 3 aromatic rings. The standard InChI is InChI=1S/C19H17BrClN3O2/c1-2-13-3-6-15(7-4-13)22-19(25)17-9-10-24(23-17)12-26-18-8-5-14(20)11-16(18)21/h3-11H,2,12H2,1H3,(H,22,25). The Morgan fingerprint density at radius 3 is 2.69 bits per heavy atom. The normalized spacial score (nSPS) is 10.6. The molecule has 2 aromatic carbocycles. The Bertz CT molecular complexity index is 909. The van der Waals surface area contributed by atoms with Gasteiger partial charge in [-0.2, -0.15) is 5.10 Å². The second kappa shape index (κ2) is 8.38. The fourth-order valence-corrected chi connectivity index (χ4v) is 3.03. The van der Waals surface area contributed by atoms with Gasteiger partial charge in [0.2, 0.25) is 0 Å². The Hall–Kier alpha value is -2.31. The highest BCUT2D eigenvalue weighted by molar-refractivity contribution is 9.10. The molecular formula is C19H17BrClN3O2. The van der Waals surface area contributed by atoms with Crippen LogP contribution in [0, 0.1) is 0 Å². The summed E-state index contributed by atoms with van der Waals surface area (Å²) in [6, 6.07) is 14.7. The first-order valence-electron chi connectivity index (χ1n) is 8.06. The number of benzene rings is 2. The van der Waals surface area contributed by atoms with Gasteiger partial charge in [0.15, 0.2) is 12.4 Å². The lowest BCUT2D eigenvalue weighted by Crippen LogP contribution is -2.14. The molecule has 1 aromatic heterocycles. The molecule has 0 unspecified atom stereocenters. The van der Waals surface area contributed by atoms with Crippen molar-refractivity contribution in [3.05, 3.63) is 75.5 Å². The van der Waals surface area contributed by atoms with Crippen molar-refractivity contribution in [2.75, 3.05) is 5.32 Å². The van der Waals surface area contributed by atoms with E-state index < -0.39 is 0 Å². The van der Waals surface area contributed by atoms with Crippen molar-refractivity contribution < 1.29 is 9.53 Å². The lowest BCUT2D eigenvalue weighted by atomic mass is 10.1. The van der Waals surface area contributed by atoms with E-state index in [1.54, 1.807) is 24.4 Å². The van der Waals surface area contributed by atoms with Gasteiger partial charge in [-0.05, 0) is 48.4 Å². The molecule has 0 aliphatic rings. The second-order valence-corrected chi connectivity index (χ2v) is 6.92. The Morgan fingerprint density at radius 1 is 1.23 bits per heavy atom. The minimum atomic E-state index is -0.269. The number of aryl methyl sites for hydroxylation is 1. The van der Waals surface area contributed by atoms with Crippen LogP contribution < -0.4 is 10.1 Å². The Balaban J connectivity index is 1.60. The van der Waals surface area contributed by atoms with Crippen molar-refractivity contribution in [3.63, 3.8) is 0 Å². The number of hydrogen-bond donors (Lipinski definition) is 1. The molecule has 7 heteroatoms. The Kier molecular flexibility index (Phi) is 5.96. The van der Waals surface area contributed by atoms with Crippen molar-refractivity contribution in [3.8, 4) is 5.75 Å². The average molecular weight is 435 g/mol. The SMILES string of the molecule is CCc1ccc(NC(=O)c2ccn(COc3ccc(Br)cc3Cl)n2)cc1. The van der Waals surface area contributed by atoms with Crippen LogP contribution in [0.15, 0.2) is 59.2 Å². The molecule has 0 saturated carbocycles. The molecule has 1 N–H and O–H groups in total. The van der Waals surface area contributed by atoms with Crippen molar-refractivity contribution in [2.45, 2.75) is 20.1 Å². The molecule has 0 bridgehead atoms. The van der Waals surface area contributed by atoms with Crippen molar-refractivity contribution in [1.29, 1.82) is 0 Å². The van der Waals surface area contributed by atoms with Crippen LogP contribution in [0.5, 0.6) is 5.75 Å². The first-order valence-corrected chi connectivity index (χ1v) is 9.24. The fraction of sp³-hybridized carbons (Fsp3) is 0.158. The quantitative estimate of drug-likeness (QED) is 0.584. The van der Waals surface area contributed by atoms with E-state index in [-0.39, 0.29) is 12.6 Å². The van der Waals surface area contributed by atoms with Gasteiger partial charge in [0, 0.05) is 16.4 Å². The van der Waals surface area contributed by atoms with Gasteiger partial charge >= 0.3 is 0 Å². The summed E-state index contributed by atoms with van der Waals surface area (Å²) in [5, 5.41) is 7.56. The van der Waals surface area contributed by atoms with Crippen molar-refractivity contribution in [2.24, 2.45) is 0 Å². The number of ether oxygens (including phenoxy) is 1. The zero-order chi connectivity index (χ0) is 18.5. The number of aromatic nitrogens is 2. The molecule has 0 fully saturated rings. The fourth-order valence-electron chi connectivity index (χ4n) is 2.30. The van der Waals surface area contributed by atoms with E-state index in [1.807, 2.05) is 30.3 Å². The molecule has 0 atom stereocenters. The van der Waals surface area contributed by atoms with Gasteiger partial charge < -0.3 is 10.1 Å². The van der Waals surface area contributed by atoms with Crippen molar-refractivity contribution in [1.82, 2.24) is 9.78 Å². The first-order chi connectivity index (χ1) is 12.5. The summed E-state index contributed by atoms with van der Waals surface area (Å²) in [5.74, 6) is 0.280. The van der Waals surface area contributed by atoms with Crippen LogP contribution in [0.25, 0.3) is 0 Å². The largest absolute Gasteiger partial charge is 0.470 e. The van der Waals surface area contributed by atoms with E-state index in [9.17, 15) is 4.79 Å². The van der Waals surface area contributed by atoms with Crippen LogP contribution >= 0.6 is 27.5 Å². The molecule has 1 amide bonds. The average Bonchev–Trinajstić information content (AvgIpc) is 3.11. The third kappa shape index (κ3) is 4.65. The number of nitrogens with one attached hydrogen (secondary N) is 1. The number of hydrogen-bond acceptors (Lipinski definition) is 3. The molecule has 0 spiro atoms. The molecule has 3 rings (SSSR count). The van der Waals surface area contributed by atoms with Gasteiger partial charge in [0.1, 0.15) is 5.75 Å². The lowest BCUT2D eigenvalue weighted by Gasteiger charge is -2.08. The maximum Gasteiger partial charge on any atom is 0.276 e. The highest BCUT2D eigenvalue weighted by Gasteiger charge is 2.10. The summed E-state index contributed by atoms with van der Waals surface area (Å²) in [7, 11) is 0. The number of anilines is 1. The maximum absolute atomic E-state index is 12.3. The summed E-state index contributed by atoms with van der Waals surface area (Å²) in [5.41, 5.74) is 2.27. The topological polar surface area (TPSA) is 56.2 Å². The van der Waals surface area contributed by atoms with E-state index in [0.29, 0.717) is 16.5 Å². The van der Waals surface area contributed by atoms with E-state index in [2.05, 4.69) is 33.3 Å². The van der Waals surface area contributed by atoms with E-state index >= 15 is 0 Å². The predicted octanol–water partition coefficient (Wildman–Crippen LogP) is 5.15. The van der Waals surface area contributed by atoms with Crippen LogP contribution in [-0.4, -0.2) is 15.7 Å². The number of rotatable bonds is 6. The summed E-state index contributed by atoms with van der Waals surface area (Å²) in [4.78, 5) is 12.3. The summed E-state index contributed by atoms with van der Waals surface area (Å²) in [6.45, 7) is 2.24. The molecule has 0 aliphatic heterocycles. The van der Waals surface area contributed by atoms with E-state index in [1.165, 1.54) is 10.2 Å². The molecule has 0 radical (unpaired) electrons. The van der Waals surface area contributed by atoms with Crippen LogP contribution in [0.2, 0.25) is 5.02 Å². The van der Waals surface area contributed by atoms with Crippen LogP contribution in [0.3, 0.4) is 0 Å². The first kappa shape index (κ1) is 18.5. The molecule has 26 heavy (non-hydrogen) atoms. The highest BCUT2D eigenvalue weighted by atomic mass is 79.9. The lowest BCUT2D eigenvalue weighted by molar-refractivity contribution is 0.102. The van der Waals surface area contributed by atoms with Crippen molar-refractivity contribution >= 4 is 39.1 Å². The molecule has 5 nitrogen and oxygen atoms in total. The summed E-state index contributed by atoms with van der Waals surface area (Å²) in [6.07, 6.45) is 2.64. The molecule has 0 saturated heterocycles. The highest BCUT2D eigenvalue weighted by Crippen LogP contribution is 2.27. The van der Waals surface area contributed by atoms with E-state index in [4.69, 9.17) is 16.3 Å². The number of carbonyl (C=O) groups is 1. The van der Waals surface area contributed by atoms with Gasteiger partial charge in [-0.3, -0.25) is 4.79 Å². The van der Waals surface area contributed by atoms with Gasteiger partial charge in [-0.25, -0.2) is 4.68 Å². The number of amides is 1. The van der Waals surface area contributed by atoms with Gasteiger partial charge in [-0.15, -0.1) is 0 Å². The molecule has 0 aliphatic carbocycles. The van der Waals surface area contributed by atoms with Crippen LogP contribution in [0.4, 0.5) is 5.69 Å². The summed E-state index contributed by atoms with van der Waals surface area (Å²) < 4.78 is 8.04. The van der Waals surface area contributed by atoms with Crippen LogP contribution in [-0.2, 0) is 13.2 Å². The number of halogens is 2. The molecule has 134 valence electrons. The van der Waals surface area contributed by atoms with Gasteiger partial charge in [-0.1, -0.05) is 46.6 Å². The summed E-state index contributed by atoms with van der Waals surface area (Å²) >= 11 is 9.46. The Labute approximate surface area is 165 Å². The predicted molar refractivity (Wildman–Crippen MR) is 106 cm³/mol. The smallest absolute Gasteiger partial charge is 0.276 e. The van der Waals surface area contributed by atoms with Gasteiger partial charge in [0.05, 0.1) is 5.02 Å². The van der Waals surface area contributed by atoms with Crippen LogP contribution in [0.1, 0.15) is 23.0 Å². The number of nitrogens with zero attached hydrogens (tertiary/aromatic N) is 2.